The van der Waals surface area contributed by atoms with Gasteiger partial charge in [-0.2, -0.15) is 0 Å². The third-order valence-corrected chi connectivity index (χ3v) is 8.23. The maximum atomic E-state index is 2.46. The molecule has 0 saturated heterocycles. The SMILES string of the molecule is c1ccc(-n2c3ccccc3c3c2c2cc4sc5ccccc5c4cc2n3-c2ccccc2)cc1. The maximum Gasteiger partial charge on any atom is 0.0804 e. The van der Waals surface area contributed by atoms with Crippen LogP contribution >= 0.6 is 11.3 Å². The minimum Gasteiger partial charge on any atom is -0.307 e. The molecule has 0 saturated carbocycles. The maximum absolute atomic E-state index is 2.46. The van der Waals surface area contributed by atoms with E-state index in [0.29, 0.717) is 0 Å². The third kappa shape index (κ3) is 2.59. The third-order valence-electron chi connectivity index (χ3n) is 7.09. The summed E-state index contributed by atoms with van der Waals surface area (Å²) >= 11 is 1.88. The average Bonchev–Trinajstić information content (AvgIpc) is 3.55. The lowest BCUT2D eigenvalue weighted by atomic mass is 10.1. The van der Waals surface area contributed by atoms with Crippen molar-refractivity contribution < 1.29 is 0 Å². The van der Waals surface area contributed by atoms with Gasteiger partial charge in [-0.05, 0) is 48.5 Å². The van der Waals surface area contributed by atoms with E-state index in [1.54, 1.807) is 0 Å². The Hall–Kier alpha value is -4.34. The number of nitrogens with zero attached hydrogens (tertiary/aromatic N) is 2. The molecule has 0 aliphatic heterocycles. The lowest BCUT2D eigenvalue weighted by Crippen LogP contribution is -1.93. The van der Waals surface area contributed by atoms with Crippen molar-refractivity contribution >= 4 is 64.3 Å². The molecule has 8 rings (SSSR count). The van der Waals surface area contributed by atoms with Crippen LogP contribution in [0.3, 0.4) is 0 Å². The number of hydrogen-bond acceptors (Lipinski definition) is 1. The zero-order valence-electron chi connectivity index (χ0n) is 18.8. The van der Waals surface area contributed by atoms with E-state index in [2.05, 4.69) is 130 Å². The van der Waals surface area contributed by atoms with Gasteiger partial charge in [-0.3, -0.25) is 0 Å². The van der Waals surface area contributed by atoms with Crippen LogP contribution in [0.5, 0.6) is 0 Å². The average molecular weight is 465 g/mol. The van der Waals surface area contributed by atoms with Gasteiger partial charge in [0.25, 0.3) is 0 Å². The van der Waals surface area contributed by atoms with E-state index in [0.717, 1.165) is 0 Å². The Morgan fingerprint density at radius 1 is 0.400 bits per heavy atom. The molecule has 3 heterocycles. The molecule has 0 unspecified atom stereocenters. The largest absolute Gasteiger partial charge is 0.307 e. The Kier molecular flexibility index (Phi) is 3.85. The van der Waals surface area contributed by atoms with Crippen LogP contribution < -0.4 is 0 Å². The van der Waals surface area contributed by atoms with Crippen molar-refractivity contribution in [1.82, 2.24) is 9.13 Å². The van der Waals surface area contributed by atoms with E-state index >= 15 is 0 Å². The highest BCUT2D eigenvalue weighted by atomic mass is 32.1. The van der Waals surface area contributed by atoms with Crippen LogP contribution in [-0.4, -0.2) is 9.13 Å². The minimum atomic E-state index is 1.18. The number of thiophene rings is 1. The van der Waals surface area contributed by atoms with Crippen LogP contribution in [-0.2, 0) is 0 Å². The van der Waals surface area contributed by atoms with Crippen LogP contribution in [0.15, 0.2) is 121 Å². The lowest BCUT2D eigenvalue weighted by Gasteiger charge is -2.09. The summed E-state index contributed by atoms with van der Waals surface area (Å²) < 4.78 is 7.56. The van der Waals surface area contributed by atoms with E-state index in [4.69, 9.17) is 0 Å². The monoisotopic (exact) mass is 464 g/mol. The number of hydrogen-bond donors (Lipinski definition) is 0. The van der Waals surface area contributed by atoms with Crippen molar-refractivity contribution in [3.05, 3.63) is 121 Å². The molecule has 5 aromatic carbocycles. The summed E-state index contributed by atoms with van der Waals surface area (Å²) in [4.78, 5) is 0. The Morgan fingerprint density at radius 3 is 1.71 bits per heavy atom. The van der Waals surface area contributed by atoms with E-state index in [-0.39, 0.29) is 0 Å². The second kappa shape index (κ2) is 7.08. The summed E-state index contributed by atoms with van der Waals surface area (Å²) in [7, 11) is 0. The smallest absolute Gasteiger partial charge is 0.0804 e. The van der Waals surface area contributed by atoms with Gasteiger partial charge in [0, 0.05) is 42.3 Å². The standard InChI is InChI=1S/C32H20N2S/c1-3-11-21(12-4-1)33-27-17-9-7-16-24(27)31-32(33)26-20-30-25(23-15-8-10-18-29(23)35-30)19-28(26)34(31)22-13-5-2-6-14-22/h1-20H. The molecule has 0 aliphatic carbocycles. The van der Waals surface area contributed by atoms with Crippen molar-refractivity contribution in [3.8, 4) is 11.4 Å². The Morgan fingerprint density at radius 2 is 0.971 bits per heavy atom. The summed E-state index contributed by atoms with van der Waals surface area (Å²) in [6, 6.07) is 43.8. The number of para-hydroxylation sites is 3. The lowest BCUT2D eigenvalue weighted by molar-refractivity contribution is 1.17. The molecule has 2 nitrogen and oxygen atoms in total. The molecule has 0 amide bonds. The van der Waals surface area contributed by atoms with Crippen LogP contribution in [0.2, 0.25) is 0 Å². The van der Waals surface area contributed by atoms with Gasteiger partial charge in [0.2, 0.25) is 0 Å². The first-order valence-corrected chi connectivity index (χ1v) is 12.7. The van der Waals surface area contributed by atoms with Gasteiger partial charge in [-0.15, -0.1) is 11.3 Å². The second-order valence-electron chi connectivity index (χ2n) is 9.02. The summed E-state index contributed by atoms with van der Waals surface area (Å²) in [6.45, 7) is 0. The molecule has 8 aromatic rings. The van der Waals surface area contributed by atoms with Gasteiger partial charge in [0.15, 0.2) is 0 Å². The molecule has 0 spiro atoms. The van der Waals surface area contributed by atoms with Crippen LogP contribution in [0.4, 0.5) is 0 Å². The van der Waals surface area contributed by atoms with Gasteiger partial charge in [-0.1, -0.05) is 72.8 Å². The minimum absolute atomic E-state index is 1.18. The molecule has 35 heavy (non-hydrogen) atoms. The fourth-order valence-corrected chi connectivity index (χ4v) is 6.77. The number of rotatable bonds is 2. The van der Waals surface area contributed by atoms with Crippen LogP contribution in [0, 0.1) is 0 Å². The van der Waals surface area contributed by atoms with E-state index in [9.17, 15) is 0 Å². The summed E-state index contributed by atoms with van der Waals surface area (Å²) in [5.74, 6) is 0. The molecular weight excluding hydrogens is 444 g/mol. The normalized spacial score (nSPS) is 12.0. The first-order valence-electron chi connectivity index (χ1n) is 11.9. The molecule has 3 aromatic heterocycles. The molecule has 0 fully saturated rings. The van der Waals surface area contributed by atoms with Crippen LogP contribution in [0.25, 0.3) is 64.4 Å². The highest BCUT2D eigenvalue weighted by Gasteiger charge is 2.22. The van der Waals surface area contributed by atoms with E-state index in [1.165, 1.54) is 64.4 Å². The molecule has 0 aliphatic rings. The molecule has 3 heteroatoms. The highest BCUT2D eigenvalue weighted by molar-refractivity contribution is 7.25. The molecular formula is C32H20N2S. The van der Waals surface area contributed by atoms with E-state index < -0.39 is 0 Å². The first kappa shape index (κ1) is 19.0. The predicted molar refractivity (Wildman–Crippen MR) is 151 cm³/mol. The number of benzene rings is 5. The fraction of sp³-hybridized carbons (Fsp3) is 0. The van der Waals surface area contributed by atoms with Crippen molar-refractivity contribution in [2.24, 2.45) is 0 Å². The second-order valence-corrected chi connectivity index (χ2v) is 10.1. The van der Waals surface area contributed by atoms with Crippen LogP contribution in [0.1, 0.15) is 0 Å². The highest BCUT2D eigenvalue weighted by Crippen LogP contribution is 2.44. The fourth-order valence-electron chi connectivity index (χ4n) is 5.64. The molecule has 0 radical (unpaired) electrons. The summed E-state index contributed by atoms with van der Waals surface area (Å²) in [6.07, 6.45) is 0. The summed E-state index contributed by atoms with van der Waals surface area (Å²) in [5.41, 5.74) is 7.35. The van der Waals surface area contributed by atoms with Gasteiger partial charge in [-0.25, -0.2) is 0 Å². The molecule has 0 bridgehead atoms. The molecule has 0 N–H and O–H groups in total. The van der Waals surface area contributed by atoms with Crippen molar-refractivity contribution in [2.45, 2.75) is 0 Å². The Bertz CT molecular complexity index is 2040. The zero-order chi connectivity index (χ0) is 22.9. The van der Waals surface area contributed by atoms with Crippen molar-refractivity contribution in [1.29, 1.82) is 0 Å². The predicted octanol–water partition coefficient (Wildman–Crippen LogP) is 9.10. The zero-order valence-corrected chi connectivity index (χ0v) is 19.7. The van der Waals surface area contributed by atoms with E-state index in [1.807, 2.05) is 11.3 Å². The van der Waals surface area contributed by atoms with Gasteiger partial charge < -0.3 is 9.13 Å². The number of fused-ring (bicyclic) bond motifs is 8. The van der Waals surface area contributed by atoms with Gasteiger partial charge >= 0.3 is 0 Å². The van der Waals surface area contributed by atoms with Crippen molar-refractivity contribution in [3.63, 3.8) is 0 Å². The number of aromatic nitrogens is 2. The first-order chi connectivity index (χ1) is 17.4. The molecule has 0 atom stereocenters. The van der Waals surface area contributed by atoms with Crippen molar-refractivity contribution in [2.75, 3.05) is 0 Å². The van der Waals surface area contributed by atoms with Gasteiger partial charge in [0.1, 0.15) is 0 Å². The van der Waals surface area contributed by atoms with Gasteiger partial charge in [0.05, 0.1) is 22.1 Å². The quantitative estimate of drug-likeness (QED) is 0.241. The summed E-state index contributed by atoms with van der Waals surface area (Å²) in [5, 5.41) is 5.20. The Labute approximate surface area is 205 Å². The Balaban J connectivity index is 1.66. The molecule has 164 valence electrons. The topological polar surface area (TPSA) is 9.86 Å².